The normalized spacial score (nSPS) is 0. The van der Waals surface area contributed by atoms with Crippen molar-refractivity contribution in [2.75, 3.05) is 0 Å². The van der Waals surface area contributed by atoms with E-state index in [1.54, 1.807) is 0 Å². The summed E-state index contributed by atoms with van der Waals surface area (Å²) in [6.07, 6.45) is 0. The zero-order valence-electron chi connectivity index (χ0n) is 1.79. The van der Waals surface area contributed by atoms with Gasteiger partial charge in [0.25, 0.3) is 0 Å². The van der Waals surface area contributed by atoms with Gasteiger partial charge in [0.1, 0.15) is 0 Å². The maximum atomic E-state index is 0. The van der Waals surface area contributed by atoms with Crippen molar-refractivity contribution in [2.45, 2.75) is 0 Å². The largest absolute Gasteiger partial charge is 0 e. The van der Waals surface area contributed by atoms with Gasteiger partial charge in [0.2, 0.25) is 0 Å². The molecule has 0 aliphatic carbocycles. The van der Waals surface area contributed by atoms with Crippen molar-refractivity contribution >= 4 is 46.9 Å². The second-order valence-corrected chi connectivity index (χ2v) is 0. The molecule has 0 amide bonds. The summed E-state index contributed by atoms with van der Waals surface area (Å²) in [5, 5.41) is 0. The third-order valence-electron chi connectivity index (χ3n) is 0. The fourth-order valence-electron chi connectivity index (χ4n) is 0. The van der Waals surface area contributed by atoms with Crippen LogP contribution < -0.4 is 0 Å². The maximum Gasteiger partial charge on any atom is 0 e. The molecular formula is H4AlCrFeNaScV. The average Bonchev–Trinajstić information content (AvgIpc) is 0. The number of rotatable bonds is 0. The van der Waals surface area contributed by atoms with Crippen LogP contribution >= 0.6 is 0 Å². The first-order valence-corrected chi connectivity index (χ1v) is 0. The monoisotopic (exact) mass is 258 g/mol. The topological polar surface area (TPSA) is 0 Å². The molecule has 0 saturated heterocycles. The van der Waals surface area contributed by atoms with Crippen LogP contribution in [0.1, 0.15) is 0 Å². The van der Waals surface area contributed by atoms with E-state index in [9.17, 15) is 0 Å². The van der Waals surface area contributed by atoms with Gasteiger partial charge in [-0.2, -0.15) is 0 Å². The van der Waals surface area contributed by atoms with E-state index < -0.39 is 0 Å². The van der Waals surface area contributed by atoms with Gasteiger partial charge in [0.15, 0.2) is 17.4 Å². The molecule has 0 aliphatic heterocycles. The fraction of sp³-hybridized carbons (Fsp3) is 0. The van der Waals surface area contributed by atoms with Crippen molar-refractivity contribution < 1.29 is 78.8 Å². The fourth-order valence-corrected chi connectivity index (χ4v) is 0. The molecule has 0 N–H and O–H groups in total. The first kappa shape index (κ1) is 50.3. The molecule has 0 aromatic heterocycles. The molecule has 30 valence electrons. The summed E-state index contributed by atoms with van der Waals surface area (Å²) >= 11 is 0. The van der Waals surface area contributed by atoms with Gasteiger partial charge in [-0.1, -0.05) is 0 Å². The summed E-state index contributed by atoms with van der Waals surface area (Å²) in [7, 11) is 0. The third-order valence-corrected chi connectivity index (χ3v) is 0. The molecule has 0 rings (SSSR count). The van der Waals surface area contributed by atoms with E-state index in [4.69, 9.17) is 0 Å². The van der Waals surface area contributed by atoms with Crippen LogP contribution in [0.2, 0.25) is 0 Å². The van der Waals surface area contributed by atoms with Crippen LogP contribution in [0.25, 0.3) is 0 Å². The van der Waals surface area contributed by atoms with Crippen molar-refractivity contribution in [1.82, 2.24) is 0 Å². The molecule has 0 atom stereocenters. The minimum Gasteiger partial charge on any atom is 0 e. The second-order valence-electron chi connectivity index (χ2n) is 0. The van der Waals surface area contributed by atoms with Crippen LogP contribution in [-0.4, -0.2) is 46.9 Å². The zero-order chi connectivity index (χ0) is 0. The molecular weight excluding hydrogens is 254 g/mol. The molecule has 0 spiro atoms. The molecule has 6 heteroatoms. The average molecular weight is 258 g/mol. The second kappa shape index (κ2) is 35.8. The summed E-state index contributed by atoms with van der Waals surface area (Å²) in [5.74, 6) is 0. The Morgan fingerprint density at radius 1 is 1.00 bits per heavy atom. The molecule has 0 unspecified atom stereocenters. The summed E-state index contributed by atoms with van der Waals surface area (Å²) in [6.45, 7) is 0. The molecule has 0 heterocycles. The standard InChI is InChI=1S/Al.Cr.Fe.Na.Sc.V.4H. The van der Waals surface area contributed by atoms with Crippen molar-refractivity contribution in [3.05, 3.63) is 0 Å². The molecule has 0 aliphatic rings. The third kappa shape index (κ3) is 24.4. The van der Waals surface area contributed by atoms with Gasteiger partial charge >= 0.3 is 29.6 Å². The minimum absolute atomic E-state index is 0. The molecule has 0 aromatic rings. The van der Waals surface area contributed by atoms with E-state index in [1.807, 2.05) is 0 Å². The van der Waals surface area contributed by atoms with Gasteiger partial charge in [-0.15, -0.1) is 0 Å². The van der Waals surface area contributed by atoms with Crippen LogP contribution in [0.5, 0.6) is 0 Å². The summed E-state index contributed by atoms with van der Waals surface area (Å²) in [6, 6.07) is 0. The van der Waals surface area contributed by atoms with Crippen LogP contribution in [0, 0.1) is 0 Å². The van der Waals surface area contributed by atoms with Gasteiger partial charge in [-0.3, -0.25) is 0 Å². The van der Waals surface area contributed by atoms with E-state index in [-0.39, 0.29) is 126 Å². The van der Waals surface area contributed by atoms with E-state index in [0.717, 1.165) is 0 Å². The molecule has 6 heavy (non-hydrogen) atoms. The molecule has 0 fully saturated rings. The zero-order valence-corrected chi connectivity index (χ0v) is 7.37. The first-order chi connectivity index (χ1) is 0. The van der Waals surface area contributed by atoms with Gasteiger partial charge < -0.3 is 0 Å². The SMILES string of the molecule is [AlH3].[Cr].[Fe].[NaH].[Sc].[V]. The Bertz CT molecular complexity index is 15.5. The molecule has 0 bridgehead atoms. The van der Waals surface area contributed by atoms with Crippen molar-refractivity contribution in [3.63, 3.8) is 0 Å². The van der Waals surface area contributed by atoms with Gasteiger partial charge in [-0.25, -0.2) is 0 Å². The quantitative estimate of drug-likeness (QED) is 0.448. The van der Waals surface area contributed by atoms with Crippen molar-refractivity contribution in [2.24, 2.45) is 0 Å². The molecule has 0 nitrogen and oxygen atoms in total. The summed E-state index contributed by atoms with van der Waals surface area (Å²) in [5.41, 5.74) is 0. The smallest absolute Gasteiger partial charge is 0 e. The van der Waals surface area contributed by atoms with E-state index >= 15 is 0 Å². The Labute approximate surface area is 123 Å². The minimum atomic E-state index is 0. The predicted octanol–water partition coefficient (Wildman–Crippen LogP) is -1.84. The Hall–Kier alpha value is 4.04. The Kier molecular flexibility index (Phi) is 300. The van der Waals surface area contributed by atoms with Crippen LogP contribution in [0.3, 0.4) is 0 Å². The summed E-state index contributed by atoms with van der Waals surface area (Å²) < 4.78 is 0. The van der Waals surface area contributed by atoms with E-state index in [0.29, 0.717) is 0 Å². The van der Waals surface area contributed by atoms with Gasteiger partial charge in [0.05, 0.1) is 0 Å². The Morgan fingerprint density at radius 3 is 1.00 bits per heavy atom. The van der Waals surface area contributed by atoms with Crippen LogP contribution in [-0.2, 0) is 78.8 Å². The van der Waals surface area contributed by atoms with E-state index in [2.05, 4.69) is 0 Å². The molecule has 0 saturated carbocycles. The molecule has 0 aromatic carbocycles. The predicted molar refractivity (Wildman–Crippen MR) is 17.1 cm³/mol. The molecule has 2 radical (unpaired) electrons. The van der Waals surface area contributed by atoms with Gasteiger partial charge in [-0.05, 0) is 0 Å². The Balaban J connectivity index is 0. The number of hydrogen-bond acceptors (Lipinski definition) is 0. The van der Waals surface area contributed by atoms with Crippen molar-refractivity contribution in [1.29, 1.82) is 0 Å². The van der Waals surface area contributed by atoms with Gasteiger partial charge in [0, 0.05) is 78.8 Å². The Morgan fingerprint density at radius 2 is 1.00 bits per heavy atom. The maximum absolute atomic E-state index is 0. The van der Waals surface area contributed by atoms with Crippen LogP contribution in [0.4, 0.5) is 0 Å². The van der Waals surface area contributed by atoms with Crippen LogP contribution in [0.15, 0.2) is 0 Å². The van der Waals surface area contributed by atoms with Crippen molar-refractivity contribution in [3.8, 4) is 0 Å². The number of hydrogen-bond donors (Lipinski definition) is 0. The summed E-state index contributed by atoms with van der Waals surface area (Å²) in [4.78, 5) is 0. The van der Waals surface area contributed by atoms with E-state index in [1.165, 1.54) is 0 Å². The first-order valence-electron chi connectivity index (χ1n) is 0.